The van der Waals surface area contributed by atoms with E-state index in [1.54, 1.807) is 7.05 Å². The number of rotatable bonds is 5. The summed E-state index contributed by atoms with van der Waals surface area (Å²) in [5, 5.41) is 5.07. The van der Waals surface area contributed by atoms with E-state index in [0.29, 0.717) is 25.1 Å². The summed E-state index contributed by atoms with van der Waals surface area (Å²) in [6.45, 7) is 0.688. The van der Waals surface area contributed by atoms with Gasteiger partial charge in [0.1, 0.15) is 0 Å². The summed E-state index contributed by atoms with van der Waals surface area (Å²) in [5.41, 5.74) is -3.70. The highest BCUT2D eigenvalue weighted by atomic mass is 35.5. The molecular formula is C13H15ClF6N2O. The summed E-state index contributed by atoms with van der Waals surface area (Å²) in [6.07, 6.45) is -9.45. The number of hydrogen-bond donors (Lipinski definition) is 2. The molecule has 3 nitrogen and oxygen atoms in total. The van der Waals surface area contributed by atoms with E-state index in [0.717, 1.165) is 0 Å². The second kappa shape index (κ2) is 8.39. The van der Waals surface area contributed by atoms with Gasteiger partial charge in [0.05, 0.1) is 11.1 Å². The van der Waals surface area contributed by atoms with Crippen molar-refractivity contribution >= 4 is 18.3 Å². The number of benzene rings is 1. The predicted octanol–water partition coefficient (Wildman–Crippen LogP) is 3.49. The molecule has 0 aliphatic carbocycles. The Kier molecular flexibility index (Phi) is 7.85. The number of alkyl halides is 6. The van der Waals surface area contributed by atoms with Crippen LogP contribution in [0.15, 0.2) is 18.2 Å². The number of halogens is 7. The van der Waals surface area contributed by atoms with Gasteiger partial charge in [-0.05, 0) is 38.2 Å². The molecule has 0 atom stereocenters. The van der Waals surface area contributed by atoms with Crippen LogP contribution >= 0.6 is 12.4 Å². The quantitative estimate of drug-likeness (QED) is 0.620. The molecule has 1 aromatic rings. The SMILES string of the molecule is CNCCCNC(=O)c1cc(C(F)(F)F)cc(C(F)(F)F)c1.Cl. The second-order valence-electron chi connectivity index (χ2n) is 4.51. The van der Waals surface area contributed by atoms with E-state index in [1.165, 1.54) is 0 Å². The lowest BCUT2D eigenvalue weighted by atomic mass is 10.0. The van der Waals surface area contributed by atoms with Crippen LogP contribution < -0.4 is 10.6 Å². The maximum absolute atomic E-state index is 12.6. The molecule has 0 aromatic heterocycles. The summed E-state index contributed by atoms with van der Waals surface area (Å²) in [4.78, 5) is 11.7. The Morgan fingerprint density at radius 2 is 1.43 bits per heavy atom. The largest absolute Gasteiger partial charge is 0.416 e. The van der Waals surface area contributed by atoms with Crippen molar-refractivity contribution < 1.29 is 31.1 Å². The molecule has 1 aromatic carbocycles. The Bertz CT molecular complexity index is 498. The van der Waals surface area contributed by atoms with Gasteiger partial charge in [-0.25, -0.2) is 0 Å². The number of amides is 1. The zero-order valence-corrected chi connectivity index (χ0v) is 12.8. The lowest BCUT2D eigenvalue weighted by molar-refractivity contribution is -0.143. The van der Waals surface area contributed by atoms with E-state index < -0.39 is 35.0 Å². The average Bonchev–Trinajstić information content (AvgIpc) is 2.41. The molecule has 10 heteroatoms. The maximum atomic E-state index is 12.6. The first-order valence-corrected chi connectivity index (χ1v) is 6.28. The smallest absolute Gasteiger partial charge is 0.352 e. The molecule has 132 valence electrons. The molecule has 0 bridgehead atoms. The molecule has 1 amide bonds. The van der Waals surface area contributed by atoms with Crippen molar-refractivity contribution in [1.29, 1.82) is 0 Å². The average molecular weight is 365 g/mol. The van der Waals surface area contributed by atoms with Crippen LogP contribution in [0.25, 0.3) is 0 Å². The second-order valence-corrected chi connectivity index (χ2v) is 4.51. The van der Waals surface area contributed by atoms with Crippen LogP contribution in [0.3, 0.4) is 0 Å². The normalized spacial score (nSPS) is 11.8. The summed E-state index contributed by atoms with van der Waals surface area (Å²) in [6, 6.07) is 0.795. The number of carbonyl (C=O) groups is 1. The first kappa shape index (κ1) is 21.5. The van der Waals surface area contributed by atoms with Crippen LogP contribution in [0.4, 0.5) is 26.3 Å². The zero-order valence-electron chi connectivity index (χ0n) is 11.9. The summed E-state index contributed by atoms with van der Waals surface area (Å²) in [5.74, 6) is -0.979. The topological polar surface area (TPSA) is 41.1 Å². The van der Waals surface area contributed by atoms with Gasteiger partial charge in [-0.2, -0.15) is 26.3 Å². The molecule has 0 heterocycles. The van der Waals surface area contributed by atoms with Crippen LogP contribution in [0.1, 0.15) is 27.9 Å². The molecule has 0 radical (unpaired) electrons. The predicted molar refractivity (Wildman–Crippen MR) is 74.6 cm³/mol. The molecule has 0 saturated carbocycles. The summed E-state index contributed by atoms with van der Waals surface area (Å²) in [7, 11) is 1.67. The summed E-state index contributed by atoms with van der Waals surface area (Å²) >= 11 is 0. The highest BCUT2D eigenvalue weighted by molar-refractivity contribution is 5.94. The van der Waals surface area contributed by atoms with Gasteiger partial charge in [0.15, 0.2) is 0 Å². The maximum Gasteiger partial charge on any atom is 0.416 e. The number of carbonyl (C=O) groups excluding carboxylic acids is 1. The van der Waals surface area contributed by atoms with Gasteiger partial charge in [-0.1, -0.05) is 0 Å². The minimum absolute atomic E-state index is 0. The van der Waals surface area contributed by atoms with Crippen molar-refractivity contribution in [3.05, 3.63) is 34.9 Å². The standard InChI is InChI=1S/C13H14F6N2O.ClH/c1-20-3-2-4-21-11(22)8-5-9(12(14,15)16)7-10(6-8)13(17,18)19;/h5-7,20H,2-4H2,1H3,(H,21,22);1H. The van der Waals surface area contributed by atoms with Gasteiger partial charge in [-0.15, -0.1) is 12.4 Å². The Hall–Kier alpha value is -1.48. The molecule has 0 aliphatic rings. The fourth-order valence-corrected chi connectivity index (χ4v) is 1.66. The molecule has 2 N–H and O–H groups in total. The molecule has 23 heavy (non-hydrogen) atoms. The van der Waals surface area contributed by atoms with Crippen molar-refractivity contribution in [2.24, 2.45) is 0 Å². The summed E-state index contributed by atoms with van der Waals surface area (Å²) < 4.78 is 75.9. The molecular weight excluding hydrogens is 350 g/mol. The lowest BCUT2D eigenvalue weighted by Crippen LogP contribution is -2.27. The van der Waals surface area contributed by atoms with Crippen molar-refractivity contribution in [3.63, 3.8) is 0 Å². The fraction of sp³-hybridized carbons (Fsp3) is 0.462. The third-order valence-electron chi connectivity index (χ3n) is 2.74. The van der Waals surface area contributed by atoms with Gasteiger partial charge in [0.2, 0.25) is 0 Å². The monoisotopic (exact) mass is 364 g/mol. The molecule has 0 aliphatic heterocycles. The third kappa shape index (κ3) is 6.66. The Balaban J connectivity index is 0.00000484. The minimum atomic E-state index is -4.97. The Morgan fingerprint density at radius 3 is 1.83 bits per heavy atom. The van der Waals surface area contributed by atoms with Crippen LogP contribution in [0.2, 0.25) is 0 Å². The molecule has 1 rings (SSSR count). The van der Waals surface area contributed by atoms with E-state index in [-0.39, 0.29) is 25.0 Å². The first-order chi connectivity index (χ1) is 10.1. The van der Waals surface area contributed by atoms with Crippen molar-refractivity contribution in [2.75, 3.05) is 20.1 Å². The van der Waals surface area contributed by atoms with Crippen LogP contribution in [-0.4, -0.2) is 26.0 Å². The molecule has 0 spiro atoms. The van der Waals surface area contributed by atoms with E-state index in [4.69, 9.17) is 0 Å². The van der Waals surface area contributed by atoms with E-state index in [1.807, 2.05) is 0 Å². The zero-order chi connectivity index (χ0) is 17.0. The molecule has 0 fully saturated rings. The minimum Gasteiger partial charge on any atom is -0.352 e. The highest BCUT2D eigenvalue weighted by Crippen LogP contribution is 2.36. The molecule has 0 unspecified atom stereocenters. The van der Waals surface area contributed by atoms with Crippen LogP contribution in [0.5, 0.6) is 0 Å². The number of nitrogens with one attached hydrogen (secondary N) is 2. The van der Waals surface area contributed by atoms with E-state index in [2.05, 4.69) is 10.6 Å². The van der Waals surface area contributed by atoms with E-state index >= 15 is 0 Å². The van der Waals surface area contributed by atoms with Gasteiger partial charge < -0.3 is 10.6 Å². The molecule has 0 saturated heterocycles. The third-order valence-corrected chi connectivity index (χ3v) is 2.74. The highest BCUT2D eigenvalue weighted by Gasteiger charge is 2.37. The van der Waals surface area contributed by atoms with Crippen molar-refractivity contribution in [3.8, 4) is 0 Å². The first-order valence-electron chi connectivity index (χ1n) is 6.28. The van der Waals surface area contributed by atoms with Gasteiger partial charge >= 0.3 is 12.4 Å². The Labute approximate surface area is 134 Å². The van der Waals surface area contributed by atoms with Gasteiger partial charge in [-0.3, -0.25) is 4.79 Å². The van der Waals surface area contributed by atoms with Gasteiger partial charge in [0.25, 0.3) is 5.91 Å². The lowest BCUT2D eigenvalue weighted by Gasteiger charge is -2.14. The van der Waals surface area contributed by atoms with Crippen molar-refractivity contribution in [2.45, 2.75) is 18.8 Å². The van der Waals surface area contributed by atoms with Crippen molar-refractivity contribution in [1.82, 2.24) is 10.6 Å². The fourth-order valence-electron chi connectivity index (χ4n) is 1.66. The van der Waals surface area contributed by atoms with Crippen LogP contribution in [0, 0.1) is 0 Å². The van der Waals surface area contributed by atoms with Gasteiger partial charge in [0, 0.05) is 12.1 Å². The number of hydrogen-bond acceptors (Lipinski definition) is 2. The Morgan fingerprint density at radius 1 is 0.957 bits per heavy atom. The van der Waals surface area contributed by atoms with E-state index in [9.17, 15) is 31.1 Å². The van der Waals surface area contributed by atoms with Crippen LogP contribution in [-0.2, 0) is 12.4 Å².